The average Bonchev–Trinajstić information content (AvgIpc) is 0.672. The Balaban J connectivity index is 0.793. The summed E-state index contributed by atoms with van der Waals surface area (Å²) < 4.78 is 70.5. The molecule has 4 saturated carbocycles. The van der Waals surface area contributed by atoms with Crippen LogP contribution in [0.2, 0.25) is 0 Å². The Hall–Kier alpha value is -1.99. The Bertz CT molecular complexity index is 2710. The molecule has 11 rings (SSSR count). The largest absolute Gasteiger partial charge is 0.432 e. The number of carbonyl (C=O) groups excluding carboxylic acids is 1. The van der Waals surface area contributed by atoms with Crippen LogP contribution in [-0.2, 0) is 61.6 Å². The van der Waals surface area contributed by atoms with Crippen LogP contribution in [0.5, 0.6) is 0 Å². The molecule has 32 nitrogen and oxygen atoms in total. The summed E-state index contributed by atoms with van der Waals surface area (Å²) in [5.74, 6) is -2.07. The van der Waals surface area contributed by atoms with Crippen molar-refractivity contribution >= 4 is 5.97 Å². The van der Waals surface area contributed by atoms with E-state index in [-0.39, 0.29) is 42.9 Å². The van der Waals surface area contributed by atoms with E-state index in [2.05, 4.69) is 40.7 Å². The zero-order valence-electron chi connectivity index (χ0n) is 55.1. The summed E-state index contributed by atoms with van der Waals surface area (Å²) in [6.45, 7) is 9.57. The molecule has 10 fully saturated rings. The second-order valence-corrected chi connectivity index (χ2v) is 30.9. The molecule has 37 unspecified atom stereocenters. The van der Waals surface area contributed by atoms with Gasteiger partial charge in [-0.2, -0.15) is 0 Å². The number of esters is 1. The van der Waals surface area contributed by atoms with E-state index in [4.69, 9.17) is 56.8 Å². The van der Waals surface area contributed by atoms with Gasteiger partial charge in [-0.05, 0) is 104 Å². The molecule has 6 heterocycles. The highest BCUT2D eigenvalue weighted by Crippen LogP contribution is 2.76. The molecule has 0 radical (unpaired) electrons. The molecule has 0 aromatic heterocycles. The number of aliphatic hydroxyl groups is 19. The zero-order chi connectivity index (χ0) is 70.1. The number of aliphatic hydroxyl groups excluding tert-OH is 18. The molecule has 96 heavy (non-hydrogen) atoms. The van der Waals surface area contributed by atoms with Gasteiger partial charge in [0.1, 0.15) is 115 Å². The van der Waals surface area contributed by atoms with Crippen LogP contribution in [0.25, 0.3) is 0 Å². The molecule has 0 spiro atoms. The first-order chi connectivity index (χ1) is 45.1. The molecule has 0 amide bonds. The molecule has 19 N–H and O–H groups in total. The van der Waals surface area contributed by atoms with E-state index in [1.807, 2.05) is 6.92 Å². The number of ether oxygens (including phenoxy) is 12. The fourth-order valence-electron chi connectivity index (χ4n) is 19.1. The van der Waals surface area contributed by atoms with E-state index in [0.29, 0.717) is 32.1 Å². The lowest BCUT2D eigenvalue weighted by Gasteiger charge is -2.72. The van der Waals surface area contributed by atoms with Crippen LogP contribution >= 0.6 is 0 Å². The van der Waals surface area contributed by atoms with Crippen molar-refractivity contribution in [1.82, 2.24) is 0 Å². The Morgan fingerprint density at radius 3 is 1.84 bits per heavy atom. The van der Waals surface area contributed by atoms with Crippen LogP contribution in [0.1, 0.15) is 106 Å². The highest BCUT2D eigenvalue weighted by molar-refractivity contribution is 5.80. The Kier molecular flexibility index (Phi) is 21.8. The van der Waals surface area contributed by atoms with Crippen molar-refractivity contribution in [3.05, 3.63) is 11.6 Å². The summed E-state index contributed by atoms with van der Waals surface area (Å²) in [6.07, 6.45) is -41.0. The van der Waals surface area contributed by atoms with Gasteiger partial charge in [0, 0.05) is 5.41 Å². The summed E-state index contributed by atoms with van der Waals surface area (Å²) in [6, 6.07) is 0. The predicted octanol–water partition coefficient (Wildman–Crippen LogP) is -6.14. The van der Waals surface area contributed by atoms with Crippen LogP contribution in [0, 0.1) is 50.2 Å². The second-order valence-electron chi connectivity index (χ2n) is 30.9. The lowest BCUT2D eigenvalue weighted by atomic mass is 9.32. The quantitative estimate of drug-likeness (QED) is 0.0366. The molecule has 0 aromatic carbocycles. The Morgan fingerprint density at radius 1 is 0.573 bits per heavy atom. The van der Waals surface area contributed by atoms with Gasteiger partial charge in [0.2, 0.25) is 6.29 Å². The molecule has 32 heteroatoms. The fourth-order valence-corrected chi connectivity index (χ4v) is 19.1. The Labute approximate surface area is 555 Å². The highest BCUT2D eigenvalue weighted by Gasteiger charge is 2.74. The third-order valence-electron chi connectivity index (χ3n) is 25.1. The Morgan fingerprint density at radius 2 is 1.19 bits per heavy atom. The molecule has 0 aromatic rings. The van der Waals surface area contributed by atoms with Crippen molar-refractivity contribution in [1.29, 1.82) is 0 Å². The molecule has 37 atom stereocenters. The first-order valence-corrected chi connectivity index (χ1v) is 33.8. The number of hydrogen-bond acceptors (Lipinski definition) is 32. The topological polar surface area (TPSA) is 512 Å². The van der Waals surface area contributed by atoms with E-state index >= 15 is 4.79 Å². The molecule has 6 aliphatic heterocycles. The molecule has 5 aliphatic carbocycles. The number of carbonyl (C=O) groups is 1. The van der Waals surface area contributed by atoms with Crippen molar-refractivity contribution < 1.29 is 159 Å². The predicted molar refractivity (Wildman–Crippen MR) is 317 cm³/mol. The maximum absolute atomic E-state index is 15.6. The van der Waals surface area contributed by atoms with Crippen LogP contribution < -0.4 is 0 Å². The third-order valence-corrected chi connectivity index (χ3v) is 25.1. The fraction of sp³-hybridized carbons (Fsp3) is 0.953. The highest BCUT2D eigenvalue weighted by atomic mass is 16.8. The number of rotatable bonds is 17. The summed E-state index contributed by atoms with van der Waals surface area (Å²) in [5.41, 5.74) is -6.48. The maximum atomic E-state index is 15.6. The number of fused-ring (bicyclic) bond motifs is 7. The van der Waals surface area contributed by atoms with Crippen molar-refractivity contribution in [2.45, 2.75) is 284 Å². The average molecular weight is 1390 g/mol. The normalized spacial score (nSPS) is 55.0. The zero-order valence-corrected chi connectivity index (χ0v) is 55.1. The maximum Gasteiger partial charge on any atom is 0.317 e. The van der Waals surface area contributed by atoms with E-state index in [0.717, 1.165) is 5.57 Å². The van der Waals surface area contributed by atoms with Gasteiger partial charge < -0.3 is 154 Å². The summed E-state index contributed by atoms with van der Waals surface area (Å²) in [7, 11) is 0. The van der Waals surface area contributed by atoms with Gasteiger partial charge >= 0.3 is 5.97 Å². The molecule has 6 saturated heterocycles. The smallest absolute Gasteiger partial charge is 0.317 e. The molecular formula is C64H104O32. The van der Waals surface area contributed by atoms with Gasteiger partial charge in [-0.15, -0.1) is 0 Å². The minimum atomic E-state index is -2.09. The van der Waals surface area contributed by atoms with Gasteiger partial charge in [0.25, 0.3) is 0 Å². The van der Waals surface area contributed by atoms with Crippen molar-refractivity contribution in [3.8, 4) is 0 Å². The molecular weight excluding hydrogens is 1280 g/mol. The number of allylic oxidation sites excluding steroid dienone is 2. The van der Waals surface area contributed by atoms with Crippen LogP contribution in [0.4, 0.5) is 0 Å². The van der Waals surface area contributed by atoms with Crippen LogP contribution in [0.3, 0.4) is 0 Å². The first-order valence-electron chi connectivity index (χ1n) is 33.8. The van der Waals surface area contributed by atoms with Gasteiger partial charge in [-0.1, -0.05) is 53.2 Å². The summed E-state index contributed by atoms with van der Waals surface area (Å²) in [4.78, 5) is 15.6. The van der Waals surface area contributed by atoms with Crippen LogP contribution in [0.15, 0.2) is 11.6 Å². The standard InChI is InChI=1S/C64H104O32/c1-8-62(22-66)34-11-12-60(6)33(59(34,5)16-28(68)50(62)95-54-43(79)40(76)38(74)32(91-54)21-87-51-42(78)39(75)37(73)31(18-65)90-51)10-9-26-27-15-58(3,4)13-14-64(27,35(71)17-61(26,60)7)57(83)96-55-48(36(72)29(69)19-86-55)94-53-44(80)41(77)46(25(2)89-53)92-52-45(81)47(30(70)20-85-52)93-56-49(82)63(84,23-67)24-88-56/h9,25,27-56,65-82,84H,8,10-24H2,1-7H3. The summed E-state index contributed by atoms with van der Waals surface area (Å²) in [5, 5.41) is 210. The van der Waals surface area contributed by atoms with Gasteiger partial charge in [0.05, 0.1) is 70.7 Å². The van der Waals surface area contributed by atoms with E-state index in [1.165, 1.54) is 6.92 Å². The van der Waals surface area contributed by atoms with Crippen molar-refractivity contribution in [3.63, 3.8) is 0 Å². The molecule has 0 bridgehead atoms. The van der Waals surface area contributed by atoms with E-state index in [9.17, 15) is 97.0 Å². The number of hydrogen-bond donors (Lipinski definition) is 19. The van der Waals surface area contributed by atoms with Crippen LogP contribution in [-0.4, -0.2) is 327 Å². The molecule has 11 aliphatic rings. The van der Waals surface area contributed by atoms with Gasteiger partial charge in [-0.25, -0.2) is 0 Å². The van der Waals surface area contributed by atoms with Crippen molar-refractivity contribution in [2.24, 2.45) is 50.2 Å². The molecule has 552 valence electrons. The van der Waals surface area contributed by atoms with E-state index < -0.39 is 263 Å². The summed E-state index contributed by atoms with van der Waals surface area (Å²) >= 11 is 0. The lowest BCUT2D eigenvalue weighted by Crippen LogP contribution is -2.71. The monoisotopic (exact) mass is 1380 g/mol. The minimum Gasteiger partial charge on any atom is -0.432 e. The van der Waals surface area contributed by atoms with E-state index in [1.54, 1.807) is 0 Å². The minimum absolute atomic E-state index is 0.0797. The third kappa shape index (κ3) is 12.4. The van der Waals surface area contributed by atoms with Crippen molar-refractivity contribution in [2.75, 3.05) is 46.2 Å². The SMILES string of the molecule is CCC1(CO)C(OC2OC(COC3OC(CO)C(O)C(O)C3O)C(O)C(O)C2O)C(O)CC2(C)C1CCC1(C)C2CC=C2C3CC(C)(C)CCC3(C(=O)OC3OCC(O)C(O)C3OC3OC(C)C(OC4OCC(O)C(OC5OCC(O)(CO)C5O)C4O)C(O)C3O)C(O)CC21C. The van der Waals surface area contributed by atoms with Gasteiger partial charge in [-0.3, -0.25) is 4.79 Å². The second kappa shape index (κ2) is 27.9. The first kappa shape index (κ1) is 75.2. The van der Waals surface area contributed by atoms with Gasteiger partial charge in [0.15, 0.2) is 37.6 Å². The lowest BCUT2D eigenvalue weighted by molar-refractivity contribution is -0.372.